The average Bonchev–Trinajstić information content (AvgIpc) is 3.38. The summed E-state index contributed by atoms with van der Waals surface area (Å²) < 4.78 is 3.22. The number of rotatable bonds is 8. The largest absolute Gasteiger partial charge is 0.345 e. The lowest BCUT2D eigenvalue weighted by molar-refractivity contribution is 0.252. The Hall–Kier alpha value is -3.03. The number of anilines is 1. The van der Waals surface area contributed by atoms with Gasteiger partial charge in [-0.25, -0.2) is 9.97 Å². The van der Waals surface area contributed by atoms with E-state index in [-0.39, 0.29) is 5.56 Å². The molecule has 1 aliphatic heterocycles. The van der Waals surface area contributed by atoms with E-state index in [1.807, 2.05) is 22.8 Å². The van der Waals surface area contributed by atoms with Crippen molar-refractivity contribution in [1.82, 2.24) is 19.4 Å². The zero-order valence-corrected chi connectivity index (χ0v) is 22.3. The summed E-state index contributed by atoms with van der Waals surface area (Å²) in [5, 5.41) is 1.15. The van der Waals surface area contributed by atoms with Crippen LogP contribution in [-0.2, 0) is 25.8 Å². The summed E-state index contributed by atoms with van der Waals surface area (Å²) in [5.74, 6) is 0.968. The van der Waals surface area contributed by atoms with Gasteiger partial charge >= 0.3 is 0 Å². The third-order valence-electron chi connectivity index (χ3n) is 7.75. The Labute approximate surface area is 222 Å². The van der Waals surface area contributed by atoms with Gasteiger partial charge in [-0.1, -0.05) is 53.8 Å². The summed E-state index contributed by atoms with van der Waals surface area (Å²) in [6.07, 6.45) is 7.10. The van der Waals surface area contributed by atoms with E-state index >= 15 is 0 Å². The fraction of sp³-hybridized carbons (Fsp3) is 0.433. The summed E-state index contributed by atoms with van der Waals surface area (Å²) in [5.41, 5.74) is 4.47. The van der Waals surface area contributed by atoms with Crippen molar-refractivity contribution >= 4 is 26.7 Å². The normalized spacial score (nSPS) is 16.3. The topological polar surface area (TPSA) is 54.3 Å². The average molecular weight is 514 g/mol. The van der Waals surface area contributed by atoms with E-state index in [0.717, 1.165) is 111 Å². The van der Waals surface area contributed by atoms with Gasteiger partial charge < -0.3 is 4.90 Å². The lowest BCUT2D eigenvalue weighted by atomic mass is 9.96. The first kappa shape index (κ1) is 24.3. The molecule has 0 atom stereocenters. The number of piperazine rings is 1. The fourth-order valence-corrected chi connectivity index (χ4v) is 6.65. The minimum atomic E-state index is 0.189. The van der Waals surface area contributed by atoms with Crippen molar-refractivity contribution in [2.24, 2.45) is 0 Å². The molecule has 6 rings (SSSR count). The minimum absolute atomic E-state index is 0.189. The number of nitrogens with zero attached hydrogens (tertiary/aromatic N) is 5. The van der Waals surface area contributed by atoms with Crippen molar-refractivity contribution in [1.29, 1.82) is 0 Å². The second-order valence-corrected chi connectivity index (χ2v) is 11.3. The molecule has 6 nitrogen and oxygen atoms in total. The molecule has 0 N–H and O–H groups in total. The van der Waals surface area contributed by atoms with Crippen LogP contribution in [0, 0.1) is 0 Å². The molecule has 0 amide bonds. The van der Waals surface area contributed by atoms with Gasteiger partial charge in [0, 0.05) is 38.2 Å². The maximum atomic E-state index is 13.4. The Bertz CT molecular complexity index is 1370. The van der Waals surface area contributed by atoms with Crippen molar-refractivity contribution < 1.29 is 0 Å². The maximum absolute atomic E-state index is 13.4. The molecule has 1 aliphatic carbocycles. The van der Waals surface area contributed by atoms with E-state index in [0.29, 0.717) is 6.54 Å². The Kier molecular flexibility index (Phi) is 7.33. The Morgan fingerprint density at radius 3 is 2.46 bits per heavy atom. The van der Waals surface area contributed by atoms with Gasteiger partial charge in [-0.05, 0) is 62.8 Å². The first-order valence-electron chi connectivity index (χ1n) is 13.7. The standard InChI is InChI=1S/C30H35N5OS/c36-29-24-12-4-5-13-25(24)31-28(35(29)22-23-10-2-1-3-11-23)16-8-9-17-33-18-20-34(21-19-33)30-32-26-14-6-7-15-27(26)37-30/h1-3,6-7,10-11,14-15H,4-5,8-9,12-13,16-22H2. The van der Waals surface area contributed by atoms with Crippen molar-refractivity contribution in [2.45, 2.75) is 51.5 Å². The van der Waals surface area contributed by atoms with Crippen LogP contribution in [0.4, 0.5) is 5.13 Å². The van der Waals surface area contributed by atoms with Gasteiger partial charge in [0.15, 0.2) is 5.13 Å². The monoisotopic (exact) mass is 513 g/mol. The summed E-state index contributed by atoms with van der Waals surface area (Å²) in [6, 6.07) is 18.7. The molecule has 1 fully saturated rings. The summed E-state index contributed by atoms with van der Waals surface area (Å²) in [4.78, 5) is 28.3. The highest BCUT2D eigenvalue weighted by atomic mass is 32.1. The second-order valence-electron chi connectivity index (χ2n) is 10.3. The molecule has 192 valence electrons. The predicted octanol–water partition coefficient (Wildman–Crippen LogP) is 4.93. The number of aryl methyl sites for hydroxylation is 2. The quantitative estimate of drug-likeness (QED) is 0.313. The van der Waals surface area contributed by atoms with E-state index < -0.39 is 0 Å². The molecule has 0 unspecified atom stereocenters. The zero-order chi connectivity index (χ0) is 25.0. The van der Waals surface area contributed by atoms with Crippen LogP contribution in [0.2, 0.25) is 0 Å². The zero-order valence-electron chi connectivity index (χ0n) is 21.4. The van der Waals surface area contributed by atoms with Crippen LogP contribution < -0.4 is 10.5 Å². The van der Waals surface area contributed by atoms with Crippen molar-refractivity contribution in [3.63, 3.8) is 0 Å². The van der Waals surface area contributed by atoms with E-state index in [1.54, 1.807) is 11.3 Å². The molecule has 0 radical (unpaired) electrons. The van der Waals surface area contributed by atoms with Gasteiger partial charge in [-0.2, -0.15) is 0 Å². The molecule has 7 heteroatoms. The second kappa shape index (κ2) is 11.2. The van der Waals surface area contributed by atoms with Crippen LogP contribution >= 0.6 is 11.3 Å². The smallest absolute Gasteiger partial charge is 0.257 e. The number of fused-ring (bicyclic) bond motifs is 2. The highest BCUT2D eigenvalue weighted by Gasteiger charge is 2.21. The van der Waals surface area contributed by atoms with Crippen LogP contribution in [-0.4, -0.2) is 52.2 Å². The molecule has 0 bridgehead atoms. The number of aromatic nitrogens is 3. The molecule has 1 saturated heterocycles. The molecule has 3 heterocycles. The Balaban J connectivity index is 1.05. The van der Waals surface area contributed by atoms with Crippen molar-refractivity contribution in [2.75, 3.05) is 37.6 Å². The van der Waals surface area contributed by atoms with Crippen LogP contribution in [0.15, 0.2) is 59.4 Å². The van der Waals surface area contributed by atoms with Crippen LogP contribution in [0.1, 0.15) is 48.3 Å². The molecule has 4 aromatic rings. The summed E-state index contributed by atoms with van der Waals surface area (Å²) in [6.45, 7) is 5.92. The SMILES string of the molecule is O=c1c2c(nc(CCCCN3CCN(c4nc5ccccc5s4)CC3)n1Cc1ccccc1)CCCC2. The lowest BCUT2D eigenvalue weighted by Crippen LogP contribution is -2.46. The van der Waals surface area contributed by atoms with E-state index in [4.69, 9.17) is 9.97 Å². The minimum Gasteiger partial charge on any atom is -0.345 e. The van der Waals surface area contributed by atoms with Gasteiger partial charge in [0.05, 0.1) is 22.5 Å². The van der Waals surface area contributed by atoms with E-state index in [2.05, 4.69) is 46.2 Å². The third kappa shape index (κ3) is 5.48. The molecular formula is C30H35N5OS. The maximum Gasteiger partial charge on any atom is 0.257 e. The van der Waals surface area contributed by atoms with Gasteiger partial charge in [0.1, 0.15) is 5.82 Å². The first-order chi connectivity index (χ1) is 18.2. The summed E-state index contributed by atoms with van der Waals surface area (Å²) in [7, 11) is 0. The van der Waals surface area contributed by atoms with Crippen LogP contribution in [0.5, 0.6) is 0 Å². The Morgan fingerprint density at radius 1 is 0.838 bits per heavy atom. The third-order valence-corrected chi connectivity index (χ3v) is 8.85. The number of benzene rings is 2. The molecule has 37 heavy (non-hydrogen) atoms. The molecule has 0 saturated carbocycles. The molecule has 0 spiro atoms. The molecular weight excluding hydrogens is 478 g/mol. The number of para-hydroxylation sites is 1. The van der Waals surface area contributed by atoms with Gasteiger partial charge in [-0.3, -0.25) is 14.3 Å². The van der Waals surface area contributed by atoms with Crippen molar-refractivity contribution in [3.05, 3.63) is 87.6 Å². The first-order valence-corrected chi connectivity index (χ1v) is 14.5. The van der Waals surface area contributed by atoms with Crippen LogP contribution in [0.25, 0.3) is 10.2 Å². The number of unbranched alkanes of at least 4 members (excludes halogenated alkanes) is 1. The Morgan fingerprint density at radius 2 is 1.62 bits per heavy atom. The van der Waals surface area contributed by atoms with Crippen LogP contribution in [0.3, 0.4) is 0 Å². The fourth-order valence-electron chi connectivity index (χ4n) is 5.64. The number of hydrogen-bond donors (Lipinski definition) is 0. The highest BCUT2D eigenvalue weighted by Crippen LogP contribution is 2.29. The highest BCUT2D eigenvalue weighted by molar-refractivity contribution is 7.22. The van der Waals surface area contributed by atoms with Crippen molar-refractivity contribution in [3.8, 4) is 0 Å². The lowest BCUT2D eigenvalue weighted by Gasteiger charge is -2.34. The molecule has 2 aromatic heterocycles. The summed E-state index contributed by atoms with van der Waals surface area (Å²) >= 11 is 1.80. The van der Waals surface area contributed by atoms with E-state index in [9.17, 15) is 4.79 Å². The molecule has 2 aromatic carbocycles. The van der Waals surface area contributed by atoms with Gasteiger partial charge in [0.2, 0.25) is 0 Å². The van der Waals surface area contributed by atoms with E-state index in [1.165, 1.54) is 4.70 Å². The van der Waals surface area contributed by atoms with Gasteiger partial charge in [0.25, 0.3) is 5.56 Å². The number of hydrogen-bond acceptors (Lipinski definition) is 6. The molecule has 2 aliphatic rings. The van der Waals surface area contributed by atoms with Gasteiger partial charge in [-0.15, -0.1) is 0 Å². The number of thiazole rings is 1. The predicted molar refractivity (Wildman–Crippen MR) is 152 cm³/mol.